The van der Waals surface area contributed by atoms with E-state index in [2.05, 4.69) is 15.9 Å². The van der Waals surface area contributed by atoms with Crippen LogP contribution in [0.25, 0.3) is 0 Å². The van der Waals surface area contributed by atoms with Gasteiger partial charge in [-0.25, -0.2) is 0 Å². The van der Waals surface area contributed by atoms with E-state index >= 15 is 0 Å². The number of morpholine rings is 1. The Kier molecular flexibility index (Phi) is 6.12. The van der Waals surface area contributed by atoms with Gasteiger partial charge in [-0.3, -0.25) is 14.5 Å². The Morgan fingerprint density at radius 2 is 1.67 bits per heavy atom. The third-order valence-electron chi connectivity index (χ3n) is 7.41. The van der Waals surface area contributed by atoms with Crippen LogP contribution >= 0.6 is 11.3 Å². The molecule has 2 saturated heterocycles. The van der Waals surface area contributed by atoms with Crippen LogP contribution in [0.15, 0.2) is 6.07 Å². The van der Waals surface area contributed by atoms with Crippen LogP contribution in [0.1, 0.15) is 52.2 Å². The Hall–Kier alpha value is -1.44. The number of hydrogen-bond donors (Lipinski definition) is 0. The van der Waals surface area contributed by atoms with Gasteiger partial charge >= 0.3 is 0 Å². The highest BCUT2D eigenvalue weighted by molar-refractivity contribution is 7.14. The summed E-state index contributed by atoms with van der Waals surface area (Å²) < 4.78 is 5.36. The van der Waals surface area contributed by atoms with Crippen LogP contribution < -0.4 is 0 Å². The van der Waals surface area contributed by atoms with Crippen molar-refractivity contribution in [3.05, 3.63) is 21.4 Å². The maximum absolute atomic E-state index is 13.2. The van der Waals surface area contributed by atoms with E-state index in [9.17, 15) is 9.59 Å². The lowest BCUT2D eigenvalue weighted by Crippen LogP contribution is -2.53. The van der Waals surface area contributed by atoms with Gasteiger partial charge in [0.15, 0.2) is 0 Å². The molecule has 1 aromatic rings. The van der Waals surface area contributed by atoms with Crippen LogP contribution in [0.2, 0.25) is 0 Å². The predicted molar refractivity (Wildman–Crippen MR) is 117 cm³/mol. The Labute approximate surface area is 183 Å². The molecule has 0 N–H and O–H groups in total. The fourth-order valence-electron chi connectivity index (χ4n) is 5.60. The Bertz CT molecular complexity index is 775. The number of ether oxygens (including phenoxy) is 1. The predicted octanol–water partition coefficient (Wildman–Crippen LogP) is 2.41. The highest BCUT2D eigenvalue weighted by Gasteiger charge is 2.33. The molecule has 0 bridgehead atoms. The van der Waals surface area contributed by atoms with Crippen molar-refractivity contribution in [3.63, 3.8) is 0 Å². The molecule has 1 saturated carbocycles. The lowest BCUT2D eigenvalue weighted by molar-refractivity contribution is -0.138. The average Bonchev–Trinajstić information content (AvgIpc) is 3.48. The summed E-state index contributed by atoms with van der Waals surface area (Å²) in [5.41, 5.74) is 1.23. The second-order valence-corrected chi connectivity index (χ2v) is 10.3. The van der Waals surface area contributed by atoms with Crippen LogP contribution in [0, 0.1) is 5.92 Å². The molecule has 0 radical (unpaired) electrons. The zero-order valence-corrected chi connectivity index (χ0v) is 18.6. The highest BCUT2D eigenvalue weighted by atomic mass is 32.1. The molecule has 2 aliphatic heterocycles. The first-order valence-corrected chi connectivity index (χ1v) is 12.5. The Morgan fingerprint density at radius 3 is 2.40 bits per heavy atom. The number of rotatable bonds is 3. The van der Waals surface area contributed by atoms with E-state index in [-0.39, 0.29) is 11.8 Å². The Balaban J connectivity index is 1.18. The van der Waals surface area contributed by atoms with Crippen LogP contribution in [0.5, 0.6) is 0 Å². The van der Waals surface area contributed by atoms with E-state index in [1.165, 1.54) is 36.1 Å². The van der Waals surface area contributed by atoms with Crippen LogP contribution in [-0.2, 0) is 22.4 Å². The number of thiophene rings is 1. The van der Waals surface area contributed by atoms with Crippen molar-refractivity contribution in [2.24, 2.45) is 5.92 Å². The van der Waals surface area contributed by atoms with Crippen LogP contribution in [-0.4, -0.2) is 85.0 Å². The highest BCUT2D eigenvalue weighted by Crippen LogP contribution is 2.34. The molecule has 4 aliphatic rings. The van der Waals surface area contributed by atoms with Crippen molar-refractivity contribution in [2.45, 2.75) is 51.0 Å². The van der Waals surface area contributed by atoms with Gasteiger partial charge in [0.25, 0.3) is 5.91 Å². The number of fused-ring (bicyclic) bond motifs is 1. The summed E-state index contributed by atoms with van der Waals surface area (Å²) in [6, 6.07) is 2.82. The van der Waals surface area contributed by atoms with Crippen LogP contribution in [0.3, 0.4) is 0 Å². The van der Waals surface area contributed by atoms with Gasteiger partial charge in [0.2, 0.25) is 5.91 Å². The zero-order valence-electron chi connectivity index (χ0n) is 17.8. The number of hydrogen-bond acceptors (Lipinski definition) is 5. The molecule has 0 spiro atoms. The molecule has 1 atom stereocenters. The van der Waals surface area contributed by atoms with Crippen molar-refractivity contribution >= 4 is 23.2 Å². The summed E-state index contributed by atoms with van der Waals surface area (Å²) in [6.45, 7) is 6.43. The number of aryl methyl sites for hydroxylation is 1. The summed E-state index contributed by atoms with van der Waals surface area (Å²) in [5.74, 6) is 0.541. The number of amides is 2. The van der Waals surface area contributed by atoms with Gasteiger partial charge in [-0.2, -0.15) is 0 Å². The van der Waals surface area contributed by atoms with Crippen molar-refractivity contribution in [1.82, 2.24) is 14.7 Å². The van der Waals surface area contributed by atoms with E-state index < -0.39 is 0 Å². The summed E-state index contributed by atoms with van der Waals surface area (Å²) in [7, 11) is 0. The van der Waals surface area contributed by atoms with Crippen molar-refractivity contribution < 1.29 is 14.3 Å². The molecule has 5 rings (SSSR count). The smallest absolute Gasteiger partial charge is 0.264 e. The fourth-order valence-corrected chi connectivity index (χ4v) is 6.77. The molecule has 164 valence electrons. The van der Waals surface area contributed by atoms with Crippen molar-refractivity contribution in [3.8, 4) is 0 Å². The second kappa shape index (κ2) is 8.97. The quantitative estimate of drug-likeness (QED) is 0.738. The number of piperazine rings is 1. The fraction of sp³-hybridized carbons (Fsp3) is 0.739. The third-order valence-corrected chi connectivity index (χ3v) is 8.63. The number of carbonyl (C=O) groups excluding carboxylic acids is 2. The van der Waals surface area contributed by atoms with Gasteiger partial charge in [-0.15, -0.1) is 11.3 Å². The summed E-state index contributed by atoms with van der Waals surface area (Å²) in [6.07, 6.45) is 8.04. The minimum absolute atomic E-state index is 0.0801. The first-order chi connectivity index (χ1) is 14.7. The first kappa shape index (κ1) is 20.5. The minimum Gasteiger partial charge on any atom is -0.378 e. The van der Waals surface area contributed by atoms with Gasteiger partial charge in [-0.1, -0.05) is 12.8 Å². The first-order valence-electron chi connectivity index (χ1n) is 11.7. The summed E-state index contributed by atoms with van der Waals surface area (Å²) in [5, 5.41) is 0. The number of carbonyl (C=O) groups is 2. The minimum atomic E-state index is 0.0801. The molecule has 6 nitrogen and oxygen atoms in total. The molecule has 1 aromatic heterocycles. The van der Waals surface area contributed by atoms with Gasteiger partial charge in [-0.05, 0) is 43.7 Å². The maximum Gasteiger partial charge on any atom is 0.264 e. The standard InChI is InChI=1S/C23H33N3O3S/c27-22(25-9-7-24(8-10-25)19-3-1-2-4-19)17-5-6-20-18(15-17)16-21(30-20)23(28)26-11-13-29-14-12-26/h16-17,19H,1-15H2/t17-/m1/s1. The molecule has 2 amide bonds. The molecular formula is C23H33N3O3S. The zero-order chi connectivity index (χ0) is 20.5. The van der Waals surface area contributed by atoms with Gasteiger partial charge in [0.1, 0.15) is 0 Å². The third kappa shape index (κ3) is 4.16. The lowest BCUT2D eigenvalue weighted by atomic mass is 9.87. The van der Waals surface area contributed by atoms with Gasteiger partial charge in [0.05, 0.1) is 18.1 Å². The molecule has 2 aliphatic carbocycles. The lowest BCUT2D eigenvalue weighted by Gasteiger charge is -2.39. The molecule has 0 unspecified atom stereocenters. The normalized spacial score (nSPS) is 26.1. The summed E-state index contributed by atoms with van der Waals surface area (Å²) >= 11 is 1.64. The van der Waals surface area contributed by atoms with E-state index in [0.717, 1.165) is 56.4 Å². The Morgan fingerprint density at radius 1 is 0.933 bits per heavy atom. The molecular weight excluding hydrogens is 398 g/mol. The average molecular weight is 432 g/mol. The molecule has 7 heteroatoms. The maximum atomic E-state index is 13.2. The largest absolute Gasteiger partial charge is 0.378 e. The number of nitrogens with zero attached hydrogens (tertiary/aromatic N) is 3. The second-order valence-electron chi connectivity index (χ2n) is 9.20. The topological polar surface area (TPSA) is 53.1 Å². The van der Waals surface area contributed by atoms with Gasteiger partial charge in [0, 0.05) is 56.1 Å². The van der Waals surface area contributed by atoms with E-state index in [0.29, 0.717) is 32.2 Å². The molecule has 30 heavy (non-hydrogen) atoms. The SMILES string of the molecule is O=C(c1cc2c(s1)CC[C@@H](C(=O)N1CCN(C3CCCC3)CC1)C2)N1CCOCC1. The molecule has 3 heterocycles. The monoisotopic (exact) mass is 431 g/mol. The summed E-state index contributed by atoms with van der Waals surface area (Å²) in [4.78, 5) is 34.8. The molecule has 0 aromatic carbocycles. The van der Waals surface area contributed by atoms with Crippen LogP contribution in [0.4, 0.5) is 0 Å². The van der Waals surface area contributed by atoms with Crippen molar-refractivity contribution in [2.75, 3.05) is 52.5 Å². The van der Waals surface area contributed by atoms with E-state index in [1.807, 2.05) is 4.90 Å². The van der Waals surface area contributed by atoms with E-state index in [1.54, 1.807) is 11.3 Å². The van der Waals surface area contributed by atoms with Crippen molar-refractivity contribution in [1.29, 1.82) is 0 Å². The van der Waals surface area contributed by atoms with Gasteiger partial charge < -0.3 is 14.5 Å². The van der Waals surface area contributed by atoms with E-state index in [4.69, 9.17) is 4.74 Å². The molecule has 3 fully saturated rings.